The summed E-state index contributed by atoms with van der Waals surface area (Å²) in [5, 5.41) is 2.62. The van der Waals surface area contributed by atoms with Crippen LogP contribution in [0.4, 0.5) is 0 Å². The van der Waals surface area contributed by atoms with E-state index < -0.39 is 0 Å². The molecule has 0 unspecified atom stereocenters. The molecule has 1 aromatic heterocycles. The lowest BCUT2D eigenvalue weighted by atomic mass is 9.91. The van der Waals surface area contributed by atoms with Crippen molar-refractivity contribution in [3.63, 3.8) is 0 Å². The number of oxazole rings is 1. The van der Waals surface area contributed by atoms with Crippen molar-refractivity contribution in [2.24, 2.45) is 5.41 Å². The van der Waals surface area contributed by atoms with Crippen LogP contribution in [0.1, 0.15) is 43.6 Å². The minimum atomic E-state index is -0.337. The number of nitrogens with zero attached hydrogens (tertiary/aromatic N) is 2. The first-order valence-electron chi connectivity index (χ1n) is 7.49. The molecule has 6 nitrogen and oxygen atoms in total. The van der Waals surface area contributed by atoms with Crippen LogP contribution in [0.15, 0.2) is 36.0 Å². The van der Waals surface area contributed by atoms with Crippen molar-refractivity contribution in [2.75, 3.05) is 13.1 Å². The molecule has 1 heterocycles. The van der Waals surface area contributed by atoms with Gasteiger partial charge >= 0.3 is 0 Å². The Kier molecular flexibility index (Phi) is 6.75. The zero-order valence-electron chi connectivity index (χ0n) is 14.1. The van der Waals surface area contributed by atoms with Crippen LogP contribution in [0.2, 0.25) is 0 Å². The molecule has 0 aliphatic carbocycles. The molecule has 0 spiro atoms. The van der Waals surface area contributed by atoms with Gasteiger partial charge in [0.2, 0.25) is 11.8 Å². The molecular formula is C17H25N3O3. The van der Waals surface area contributed by atoms with Crippen LogP contribution in [-0.2, 0) is 11.3 Å². The highest BCUT2D eigenvalue weighted by molar-refractivity contribution is 5.91. The summed E-state index contributed by atoms with van der Waals surface area (Å²) in [6.45, 7) is 14.2. The van der Waals surface area contributed by atoms with Gasteiger partial charge in [-0.15, -0.1) is 13.2 Å². The normalized spacial score (nSPS) is 10.9. The van der Waals surface area contributed by atoms with Gasteiger partial charge in [-0.3, -0.25) is 9.59 Å². The second-order valence-electron chi connectivity index (χ2n) is 6.43. The smallest absolute Gasteiger partial charge is 0.273 e. The van der Waals surface area contributed by atoms with Crippen molar-refractivity contribution < 1.29 is 14.0 Å². The molecule has 0 aromatic carbocycles. The number of hydrogen-bond donors (Lipinski definition) is 1. The monoisotopic (exact) mass is 319 g/mol. The highest BCUT2D eigenvalue weighted by Crippen LogP contribution is 2.20. The third kappa shape index (κ3) is 6.50. The van der Waals surface area contributed by atoms with E-state index in [0.717, 1.165) is 0 Å². The van der Waals surface area contributed by atoms with E-state index in [1.165, 1.54) is 6.26 Å². The maximum Gasteiger partial charge on any atom is 0.273 e. The predicted molar refractivity (Wildman–Crippen MR) is 88.7 cm³/mol. The number of nitrogens with one attached hydrogen (secondary N) is 1. The van der Waals surface area contributed by atoms with Crippen molar-refractivity contribution in [1.29, 1.82) is 0 Å². The molecule has 23 heavy (non-hydrogen) atoms. The zero-order valence-corrected chi connectivity index (χ0v) is 14.1. The summed E-state index contributed by atoms with van der Waals surface area (Å²) in [6, 6.07) is 0. The summed E-state index contributed by atoms with van der Waals surface area (Å²) in [7, 11) is 0. The van der Waals surface area contributed by atoms with Crippen molar-refractivity contribution >= 4 is 11.8 Å². The van der Waals surface area contributed by atoms with Gasteiger partial charge in [-0.25, -0.2) is 4.98 Å². The molecule has 0 radical (unpaired) electrons. The number of carbonyl (C=O) groups is 2. The highest BCUT2D eigenvalue weighted by atomic mass is 16.3. The maximum atomic E-state index is 12.4. The molecule has 0 saturated heterocycles. The lowest BCUT2D eigenvalue weighted by molar-refractivity contribution is -0.133. The number of amides is 2. The van der Waals surface area contributed by atoms with Crippen molar-refractivity contribution in [3.05, 3.63) is 43.2 Å². The summed E-state index contributed by atoms with van der Waals surface area (Å²) >= 11 is 0. The summed E-state index contributed by atoms with van der Waals surface area (Å²) in [4.78, 5) is 29.9. The van der Waals surface area contributed by atoms with E-state index in [1.807, 2.05) is 20.8 Å². The van der Waals surface area contributed by atoms with Crippen LogP contribution in [0.3, 0.4) is 0 Å². The lowest BCUT2D eigenvalue weighted by Crippen LogP contribution is -2.33. The van der Waals surface area contributed by atoms with E-state index in [9.17, 15) is 9.59 Å². The molecule has 1 rings (SSSR count). The standard InChI is InChI=1S/C17H25N3O3/c1-6-8-18-16(22)13-12-23-14(19-13)11-20(9-7-2)15(21)10-17(3,4)5/h6-7,12H,1-2,8-11H2,3-5H3,(H,18,22). The Morgan fingerprint density at radius 1 is 1.35 bits per heavy atom. The minimum Gasteiger partial charge on any atom is -0.446 e. The van der Waals surface area contributed by atoms with Crippen molar-refractivity contribution in [2.45, 2.75) is 33.7 Å². The molecule has 0 saturated carbocycles. The van der Waals surface area contributed by atoms with Gasteiger partial charge in [-0.05, 0) is 5.41 Å². The summed E-state index contributed by atoms with van der Waals surface area (Å²) < 4.78 is 5.30. The summed E-state index contributed by atoms with van der Waals surface area (Å²) in [5.74, 6) is -0.0256. The molecule has 1 N–H and O–H groups in total. The Balaban J connectivity index is 2.75. The SMILES string of the molecule is C=CCNC(=O)c1coc(CN(CC=C)C(=O)CC(C)(C)C)n1. The van der Waals surface area contributed by atoms with Crippen LogP contribution in [0.5, 0.6) is 0 Å². The molecule has 0 atom stereocenters. The number of hydrogen-bond acceptors (Lipinski definition) is 4. The predicted octanol–water partition coefficient (Wildman–Crippen LogP) is 2.54. The third-order valence-electron chi connectivity index (χ3n) is 2.90. The fourth-order valence-corrected chi connectivity index (χ4v) is 1.88. The van der Waals surface area contributed by atoms with E-state index in [1.54, 1.807) is 17.1 Å². The van der Waals surface area contributed by atoms with E-state index in [0.29, 0.717) is 25.4 Å². The van der Waals surface area contributed by atoms with Gasteiger partial charge < -0.3 is 14.6 Å². The van der Waals surface area contributed by atoms with E-state index >= 15 is 0 Å². The molecule has 0 fully saturated rings. The molecule has 0 aliphatic heterocycles. The number of aromatic nitrogens is 1. The second-order valence-corrected chi connectivity index (χ2v) is 6.43. The van der Waals surface area contributed by atoms with Gasteiger partial charge in [0.25, 0.3) is 5.91 Å². The first-order chi connectivity index (χ1) is 10.8. The van der Waals surface area contributed by atoms with E-state index in [2.05, 4.69) is 23.5 Å². The number of carbonyl (C=O) groups excluding carboxylic acids is 2. The van der Waals surface area contributed by atoms with Crippen molar-refractivity contribution in [1.82, 2.24) is 15.2 Å². The lowest BCUT2D eigenvalue weighted by Gasteiger charge is -2.24. The molecule has 2 amide bonds. The van der Waals surface area contributed by atoms with Gasteiger partial charge in [0.05, 0.1) is 6.54 Å². The third-order valence-corrected chi connectivity index (χ3v) is 2.90. The minimum absolute atomic E-state index is 0.00624. The average molecular weight is 319 g/mol. The molecule has 0 aliphatic rings. The zero-order chi connectivity index (χ0) is 17.5. The second kappa shape index (κ2) is 8.31. The van der Waals surface area contributed by atoms with E-state index in [-0.39, 0.29) is 29.5 Å². The molecule has 0 bridgehead atoms. The highest BCUT2D eigenvalue weighted by Gasteiger charge is 2.22. The van der Waals surface area contributed by atoms with E-state index in [4.69, 9.17) is 4.42 Å². The van der Waals surface area contributed by atoms with Gasteiger partial charge in [-0.1, -0.05) is 32.9 Å². The van der Waals surface area contributed by atoms with Crippen LogP contribution >= 0.6 is 0 Å². The van der Waals surface area contributed by atoms with Gasteiger partial charge in [0.1, 0.15) is 6.26 Å². The first kappa shape index (κ1) is 18.7. The van der Waals surface area contributed by atoms with Gasteiger partial charge in [-0.2, -0.15) is 0 Å². The first-order valence-corrected chi connectivity index (χ1v) is 7.49. The Labute approximate surface area is 137 Å². The maximum absolute atomic E-state index is 12.4. The Morgan fingerprint density at radius 3 is 2.61 bits per heavy atom. The van der Waals surface area contributed by atoms with Crippen LogP contribution in [-0.4, -0.2) is 34.8 Å². The van der Waals surface area contributed by atoms with Crippen molar-refractivity contribution in [3.8, 4) is 0 Å². The molecular weight excluding hydrogens is 294 g/mol. The van der Waals surface area contributed by atoms with Gasteiger partial charge in [0.15, 0.2) is 5.69 Å². The fraction of sp³-hybridized carbons (Fsp3) is 0.471. The molecule has 6 heteroatoms. The largest absolute Gasteiger partial charge is 0.446 e. The Hall–Kier alpha value is -2.37. The Bertz CT molecular complexity index is 570. The Morgan fingerprint density at radius 2 is 2.04 bits per heavy atom. The average Bonchev–Trinajstić information content (AvgIpc) is 2.91. The topological polar surface area (TPSA) is 75.4 Å². The molecule has 1 aromatic rings. The molecule has 126 valence electrons. The summed E-state index contributed by atoms with van der Waals surface area (Å²) in [6.07, 6.45) is 4.93. The van der Waals surface area contributed by atoms with Crippen LogP contribution in [0.25, 0.3) is 0 Å². The fourth-order valence-electron chi connectivity index (χ4n) is 1.88. The van der Waals surface area contributed by atoms with Gasteiger partial charge in [0, 0.05) is 19.5 Å². The van der Waals surface area contributed by atoms with Crippen LogP contribution < -0.4 is 5.32 Å². The van der Waals surface area contributed by atoms with Crippen LogP contribution in [0, 0.1) is 5.41 Å². The number of rotatable bonds is 8. The summed E-state index contributed by atoms with van der Waals surface area (Å²) in [5.41, 5.74) is 0.0757. The quantitative estimate of drug-likeness (QED) is 0.747.